The van der Waals surface area contributed by atoms with E-state index in [1.165, 1.54) is 30.6 Å². The van der Waals surface area contributed by atoms with E-state index in [9.17, 15) is 0 Å². The van der Waals surface area contributed by atoms with Crippen LogP contribution in [-0.2, 0) is 10.8 Å². The number of rotatable bonds is 1. The largest absolute Gasteiger partial charge is 0.485 e. The lowest BCUT2D eigenvalue weighted by Crippen LogP contribution is -2.19. The Labute approximate surface area is 172 Å². The Balaban J connectivity index is 2.27. The van der Waals surface area contributed by atoms with Gasteiger partial charge in [-0.1, -0.05) is 41.5 Å². The first-order valence-corrected chi connectivity index (χ1v) is 11.6. The quantitative estimate of drug-likeness (QED) is 0.485. The molecule has 2 atom stereocenters. The molecule has 0 amide bonds. The Morgan fingerprint density at radius 2 is 1.19 bits per heavy atom. The number of hydrogen-bond donors (Lipinski definition) is 0. The van der Waals surface area contributed by atoms with Gasteiger partial charge in [-0.3, -0.25) is 0 Å². The molecule has 0 aliphatic carbocycles. The molecule has 0 fully saturated rings. The van der Waals surface area contributed by atoms with Crippen molar-refractivity contribution in [3.8, 4) is 21.3 Å². The van der Waals surface area contributed by atoms with E-state index in [4.69, 9.17) is 9.47 Å². The Morgan fingerprint density at radius 3 is 1.67 bits per heavy atom. The van der Waals surface area contributed by atoms with Gasteiger partial charge in [0.1, 0.15) is 0 Å². The topological polar surface area (TPSA) is 18.5 Å². The molecule has 3 heterocycles. The zero-order valence-electron chi connectivity index (χ0n) is 18.5. The SMILES string of the molecule is Cc1c(-c2sc(C(C)(C)C)c3c2OC(C)CC(C)O3)sc(C(C)(C)C)c1C. The summed E-state index contributed by atoms with van der Waals surface area (Å²) >= 11 is 3.78. The molecule has 2 unspecified atom stereocenters. The van der Waals surface area contributed by atoms with E-state index >= 15 is 0 Å². The molecule has 4 heteroatoms. The molecule has 0 radical (unpaired) electrons. The Morgan fingerprint density at radius 1 is 0.704 bits per heavy atom. The van der Waals surface area contributed by atoms with Gasteiger partial charge >= 0.3 is 0 Å². The van der Waals surface area contributed by atoms with Gasteiger partial charge in [-0.2, -0.15) is 0 Å². The highest BCUT2D eigenvalue weighted by molar-refractivity contribution is 7.23. The van der Waals surface area contributed by atoms with Crippen molar-refractivity contribution < 1.29 is 9.47 Å². The second-order valence-corrected chi connectivity index (χ2v) is 12.1. The molecule has 0 saturated heterocycles. The third kappa shape index (κ3) is 3.80. The van der Waals surface area contributed by atoms with Gasteiger partial charge in [-0.15, -0.1) is 22.7 Å². The molecule has 2 nitrogen and oxygen atoms in total. The van der Waals surface area contributed by atoms with E-state index in [1.54, 1.807) is 0 Å². The molecule has 0 saturated carbocycles. The van der Waals surface area contributed by atoms with Gasteiger partial charge in [0.15, 0.2) is 11.5 Å². The van der Waals surface area contributed by atoms with E-state index in [0.29, 0.717) is 0 Å². The lowest BCUT2D eigenvalue weighted by atomic mass is 9.91. The van der Waals surface area contributed by atoms with Crippen LogP contribution in [0.3, 0.4) is 0 Å². The van der Waals surface area contributed by atoms with Gasteiger partial charge < -0.3 is 9.47 Å². The molecular weight excluding hydrogens is 372 g/mol. The van der Waals surface area contributed by atoms with E-state index in [2.05, 4.69) is 69.2 Å². The Bertz CT molecular complexity index is 843. The van der Waals surface area contributed by atoms with Crippen LogP contribution in [0.25, 0.3) is 9.75 Å². The molecule has 0 bridgehead atoms. The molecule has 0 aromatic carbocycles. The summed E-state index contributed by atoms with van der Waals surface area (Å²) in [6.45, 7) is 22.5. The van der Waals surface area contributed by atoms with Crippen molar-refractivity contribution in [2.24, 2.45) is 0 Å². The van der Waals surface area contributed by atoms with Gasteiger partial charge in [-0.05, 0) is 44.2 Å². The summed E-state index contributed by atoms with van der Waals surface area (Å²) < 4.78 is 12.9. The van der Waals surface area contributed by atoms with Crippen LogP contribution in [0, 0.1) is 13.8 Å². The zero-order valence-corrected chi connectivity index (χ0v) is 20.1. The van der Waals surface area contributed by atoms with Crippen molar-refractivity contribution in [1.29, 1.82) is 0 Å². The average molecular weight is 407 g/mol. The van der Waals surface area contributed by atoms with Gasteiger partial charge in [0.25, 0.3) is 0 Å². The fraction of sp³-hybridized carbons (Fsp3) is 0.652. The van der Waals surface area contributed by atoms with Crippen LogP contribution in [0.1, 0.15) is 82.7 Å². The molecule has 3 rings (SSSR count). The normalized spacial score (nSPS) is 20.7. The van der Waals surface area contributed by atoms with Gasteiger partial charge in [0.05, 0.1) is 26.8 Å². The van der Waals surface area contributed by atoms with Crippen molar-refractivity contribution in [3.05, 3.63) is 20.9 Å². The second kappa shape index (κ2) is 6.81. The first-order valence-electron chi connectivity index (χ1n) is 9.92. The maximum Gasteiger partial charge on any atom is 0.181 e. The number of ether oxygens (including phenoxy) is 2. The number of thiophene rings is 2. The Hall–Kier alpha value is -1.00. The predicted octanol–water partition coefficient (Wildman–Crippen LogP) is 7.63. The molecule has 0 N–H and O–H groups in total. The summed E-state index contributed by atoms with van der Waals surface area (Å²) in [6.07, 6.45) is 1.24. The highest BCUT2D eigenvalue weighted by Crippen LogP contribution is 2.56. The van der Waals surface area contributed by atoms with Gasteiger partial charge in [-0.25, -0.2) is 0 Å². The van der Waals surface area contributed by atoms with Crippen LogP contribution in [0.15, 0.2) is 0 Å². The summed E-state index contributed by atoms with van der Waals surface area (Å²) in [5.41, 5.74) is 2.97. The van der Waals surface area contributed by atoms with E-state index in [-0.39, 0.29) is 23.0 Å². The summed E-state index contributed by atoms with van der Waals surface area (Å²) in [7, 11) is 0. The summed E-state index contributed by atoms with van der Waals surface area (Å²) in [6, 6.07) is 0. The second-order valence-electron chi connectivity index (χ2n) is 10.0. The molecule has 150 valence electrons. The monoisotopic (exact) mass is 406 g/mol. The predicted molar refractivity (Wildman–Crippen MR) is 119 cm³/mol. The zero-order chi connectivity index (χ0) is 20.3. The van der Waals surface area contributed by atoms with E-state index in [1.807, 2.05) is 22.7 Å². The standard InChI is InChI=1S/C23H34O2S2/c1-12-11-13(2)25-17-16(24-12)19(27-21(17)23(8,9)10)18-14(3)15(4)20(26-18)22(5,6)7/h12-13H,11H2,1-10H3. The van der Waals surface area contributed by atoms with Crippen LogP contribution >= 0.6 is 22.7 Å². The molecule has 2 aromatic heterocycles. The van der Waals surface area contributed by atoms with Crippen LogP contribution in [-0.4, -0.2) is 12.2 Å². The molecule has 2 aromatic rings. The van der Waals surface area contributed by atoms with Crippen LogP contribution in [0.5, 0.6) is 11.5 Å². The summed E-state index contributed by atoms with van der Waals surface area (Å²) in [4.78, 5) is 5.35. The van der Waals surface area contributed by atoms with Crippen LogP contribution in [0.2, 0.25) is 0 Å². The minimum atomic E-state index is 0.0245. The maximum absolute atomic E-state index is 6.47. The first-order chi connectivity index (χ1) is 12.3. The van der Waals surface area contributed by atoms with Crippen molar-refractivity contribution in [1.82, 2.24) is 0 Å². The van der Waals surface area contributed by atoms with Crippen molar-refractivity contribution in [2.75, 3.05) is 0 Å². The van der Waals surface area contributed by atoms with Crippen molar-refractivity contribution >= 4 is 22.7 Å². The molecule has 0 spiro atoms. The van der Waals surface area contributed by atoms with E-state index in [0.717, 1.165) is 17.9 Å². The third-order valence-electron chi connectivity index (χ3n) is 5.14. The number of fused-ring (bicyclic) bond motifs is 1. The minimum absolute atomic E-state index is 0.0245. The van der Waals surface area contributed by atoms with Gasteiger partial charge in [0, 0.05) is 16.7 Å². The fourth-order valence-corrected chi connectivity index (χ4v) is 6.53. The lowest BCUT2D eigenvalue weighted by molar-refractivity contribution is 0.167. The van der Waals surface area contributed by atoms with Crippen molar-refractivity contribution in [3.63, 3.8) is 0 Å². The summed E-state index contributed by atoms with van der Waals surface area (Å²) in [5, 5.41) is 0. The fourth-order valence-electron chi connectivity index (χ4n) is 3.75. The number of hydrogen-bond acceptors (Lipinski definition) is 4. The maximum atomic E-state index is 6.47. The summed E-state index contributed by atoms with van der Waals surface area (Å²) in [5.74, 6) is 1.94. The van der Waals surface area contributed by atoms with Crippen LogP contribution in [0.4, 0.5) is 0 Å². The molecule has 1 aliphatic rings. The van der Waals surface area contributed by atoms with Gasteiger partial charge in [0.2, 0.25) is 0 Å². The average Bonchev–Trinajstić information content (AvgIpc) is 2.93. The third-order valence-corrected chi connectivity index (χ3v) is 8.70. The first kappa shape index (κ1) is 20.7. The molecule has 27 heavy (non-hydrogen) atoms. The van der Waals surface area contributed by atoms with Crippen LogP contribution < -0.4 is 9.47 Å². The Kier molecular flexibility index (Phi) is 5.22. The smallest absolute Gasteiger partial charge is 0.181 e. The molecular formula is C23H34O2S2. The lowest BCUT2D eigenvalue weighted by Gasteiger charge is -2.20. The highest BCUT2D eigenvalue weighted by atomic mass is 32.1. The van der Waals surface area contributed by atoms with Crippen molar-refractivity contribution in [2.45, 2.75) is 98.7 Å². The highest BCUT2D eigenvalue weighted by Gasteiger charge is 2.35. The molecule has 1 aliphatic heterocycles. The van der Waals surface area contributed by atoms with E-state index < -0.39 is 0 Å². The minimum Gasteiger partial charge on any atom is -0.485 e.